The van der Waals surface area contributed by atoms with E-state index in [0.29, 0.717) is 10.4 Å². The molecule has 0 spiro atoms. The van der Waals surface area contributed by atoms with E-state index in [-0.39, 0.29) is 0 Å². The van der Waals surface area contributed by atoms with Gasteiger partial charge in [-0.1, -0.05) is 0 Å². The highest BCUT2D eigenvalue weighted by molar-refractivity contribution is 7.20. The van der Waals surface area contributed by atoms with Gasteiger partial charge in [0.15, 0.2) is 0 Å². The van der Waals surface area contributed by atoms with E-state index in [2.05, 4.69) is 0 Å². The molecule has 0 saturated carbocycles. The topological polar surface area (TPSA) is 66.9 Å². The molecule has 1 amide bonds. The van der Waals surface area contributed by atoms with Gasteiger partial charge in [-0.05, 0) is 29.7 Å². The lowest BCUT2D eigenvalue weighted by atomic mass is 10.2. The molecule has 4 heteroatoms. The summed E-state index contributed by atoms with van der Waals surface area (Å²) in [5.41, 5.74) is 5.74. The maximum absolute atomic E-state index is 10.9. The second-order valence-corrected chi connectivity index (χ2v) is 3.92. The summed E-state index contributed by atoms with van der Waals surface area (Å²) in [6.07, 6.45) is 0. The standard InChI is InChI=1S/C10H6N2OS/c11-5-6-1-2-8-7(3-6)4-9(14-8)10(12)13/h1-4H,(H2,12,13). The van der Waals surface area contributed by atoms with E-state index < -0.39 is 5.91 Å². The van der Waals surface area contributed by atoms with Gasteiger partial charge in [-0.15, -0.1) is 11.3 Å². The molecule has 0 aliphatic carbocycles. The Morgan fingerprint density at radius 1 is 1.43 bits per heavy atom. The van der Waals surface area contributed by atoms with Crippen molar-refractivity contribution in [3.63, 3.8) is 0 Å². The van der Waals surface area contributed by atoms with Crippen LogP contribution in [-0.2, 0) is 0 Å². The van der Waals surface area contributed by atoms with Gasteiger partial charge in [-0.2, -0.15) is 5.26 Å². The molecule has 1 aromatic carbocycles. The minimum Gasteiger partial charge on any atom is -0.365 e. The average molecular weight is 202 g/mol. The summed E-state index contributed by atoms with van der Waals surface area (Å²) in [5.74, 6) is -0.426. The first-order chi connectivity index (χ1) is 6.70. The van der Waals surface area contributed by atoms with Crippen molar-refractivity contribution in [3.8, 4) is 6.07 Å². The van der Waals surface area contributed by atoms with E-state index in [1.165, 1.54) is 11.3 Å². The van der Waals surface area contributed by atoms with Crippen LogP contribution in [0.3, 0.4) is 0 Å². The van der Waals surface area contributed by atoms with E-state index in [1.54, 1.807) is 18.2 Å². The van der Waals surface area contributed by atoms with Gasteiger partial charge in [0.05, 0.1) is 16.5 Å². The number of nitrogens with zero attached hydrogens (tertiary/aromatic N) is 1. The van der Waals surface area contributed by atoms with Gasteiger partial charge in [0.25, 0.3) is 5.91 Å². The number of amides is 1. The number of fused-ring (bicyclic) bond motifs is 1. The van der Waals surface area contributed by atoms with Crippen molar-refractivity contribution in [2.75, 3.05) is 0 Å². The number of carbonyl (C=O) groups is 1. The zero-order valence-electron chi connectivity index (χ0n) is 7.15. The minimum atomic E-state index is -0.426. The molecule has 1 aromatic heterocycles. The molecule has 0 radical (unpaired) electrons. The highest BCUT2D eigenvalue weighted by atomic mass is 32.1. The average Bonchev–Trinajstić information content (AvgIpc) is 2.59. The van der Waals surface area contributed by atoms with Crippen molar-refractivity contribution in [2.45, 2.75) is 0 Å². The second kappa shape index (κ2) is 3.13. The number of primary amides is 1. The number of hydrogen-bond acceptors (Lipinski definition) is 3. The highest BCUT2D eigenvalue weighted by Gasteiger charge is 2.06. The van der Waals surface area contributed by atoms with E-state index in [1.807, 2.05) is 12.1 Å². The Kier molecular flexibility index (Phi) is 1.95. The summed E-state index contributed by atoms with van der Waals surface area (Å²) in [4.78, 5) is 11.4. The van der Waals surface area contributed by atoms with Crippen molar-refractivity contribution in [1.29, 1.82) is 5.26 Å². The number of thiophene rings is 1. The number of carbonyl (C=O) groups excluding carboxylic acids is 1. The number of rotatable bonds is 1. The molecular formula is C10H6N2OS. The van der Waals surface area contributed by atoms with Gasteiger partial charge in [-0.3, -0.25) is 4.79 Å². The smallest absolute Gasteiger partial charge is 0.258 e. The maximum atomic E-state index is 10.9. The fourth-order valence-electron chi connectivity index (χ4n) is 1.23. The van der Waals surface area contributed by atoms with Crippen LogP contribution in [0.1, 0.15) is 15.2 Å². The van der Waals surface area contributed by atoms with Crippen molar-refractivity contribution in [3.05, 3.63) is 34.7 Å². The number of benzene rings is 1. The summed E-state index contributed by atoms with van der Waals surface area (Å²) in [6.45, 7) is 0. The van der Waals surface area contributed by atoms with Gasteiger partial charge in [0.1, 0.15) is 0 Å². The van der Waals surface area contributed by atoms with E-state index in [9.17, 15) is 4.79 Å². The predicted molar refractivity (Wildman–Crippen MR) is 55.1 cm³/mol. The largest absolute Gasteiger partial charge is 0.365 e. The molecule has 0 fully saturated rings. The molecule has 3 nitrogen and oxygen atoms in total. The van der Waals surface area contributed by atoms with Gasteiger partial charge >= 0.3 is 0 Å². The molecule has 68 valence electrons. The summed E-state index contributed by atoms with van der Waals surface area (Å²) < 4.78 is 0.970. The third kappa shape index (κ3) is 1.34. The van der Waals surface area contributed by atoms with Crippen molar-refractivity contribution in [2.24, 2.45) is 5.73 Å². The Morgan fingerprint density at radius 3 is 2.86 bits per heavy atom. The maximum Gasteiger partial charge on any atom is 0.258 e. The summed E-state index contributed by atoms with van der Waals surface area (Å²) in [5, 5.41) is 9.57. The molecule has 2 rings (SSSR count). The van der Waals surface area contributed by atoms with Crippen molar-refractivity contribution >= 4 is 27.3 Å². The van der Waals surface area contributed by atoms with Crippen LogP contribution in [0.5, 0.6) is 0 Å². The van der Waals surface area contributed by atoms with Gasteiger partial charge in [0.2, 0.25) is 0 Å². The van der Waals surface area contributed by atoms with Crippen LogP contribution >= 0.6 is 11.3 Å². The fourth-order valence-corrected chi connectivity index (χ4v) is 2.13. The Hall–Kier alpha value is -1.86. The van der Waals surface area contributed by atoms with E-state index >= 15 is 0 Å². The summed E-state index contributed by atoms with van der Waals surface area (Å²) in [6, 6.07) is 9.06. The Balaban J connectivity index is 2.67. The van der Waals surface area contributed by atoms with Gasteiger partial charge < -0.3 is 5.73 Å². The van der Waals surface area contributed by atoms with Crippen LogP contribution in [0, 0.1) is 11.3 Å². The normalized spacial score (nSPS) is 9.93. The molecule has 0 bridgehead atoms. The molecule has 0 aliphatic heterocycles. The lowest BCUT2D eigenvalue weighted by Crippen LogP contribution is -2.07. The molecular weight excluding hydrogens is 196 g/mol. The summed E-state index contributed by atoms with van der Waals surface area (Å²) >= 11 is 1.34. The Labute approximate surface area is 84.4 Å². The van der Waals surface area contributed by atoms with Crippen LogP contribution in [-0.4, -0.2) is 5.91 Å². The number of nitriles is 1. The molecule has 0 atom stereocenters. The lowest BCUT2D eigenvalue weighted by Gasteiger charge is -1.87. The number of hydrogen-bond donors (Lipinski definition) is 1. The zero-order chi connectivity index (χ0) is 10.1. The first-order valence-corrected chi connectivity index (χ1v) is 4.76. The Bertz CT molecular complexity index is 551. The number of nitrogens with two attached hydrogens (primary N) is 1. The van der Waals surface area contributed by atoms with Crippen molar-refractivity contribution < 1.29 is 4.79 Å². The Morgan fingerprint density at radius 2 is 2.21 bits per heavy atom. The molecule has 0 saturated heterocycles. The second-order valence-electron chi connectivity index (χ2n) is 2.84. The third-order valence-corrected chi connectivity index (χ3v) is 3.02. The fraction of sp³-hybridized carbons (Fsp3) is 0. The molecule has 1 heterocycles. The third-order valence-electron chi connectivity index (χ3n) is 1.89. The lowest BCUT2D eigenvalue weighted by molar-refractivity contribution is 0.100. The highest BCUT2D eigenvalue weighted by Crippen LogP contribution is 2.25. The van der Waals surface area contributed by atoms with Gasteiger partial charge in [-0.25, -0.2) is 0 Å². The molecule has 0 aliphatic rings. The van der Waals surface area contributed by atoms with Gasteiger partial charge in [0, 0.05) is 4.70 Å². The van der Waals surface area contributed by atoms with Crippen LogP contribution < -0.4 is 5.73 Å². The molecule has 0 unspecified atom stereocenters. The first kappa shape index (κ1) is 8.73. The summed E-state index contributed by atoms with van der Waals surface area (Å²) in [7, 11) is 0. The molecule has 2 N–H and O–H groups in total. The SMILES string of the molecule is N#Cc1ccc2sc(C(N)=O)cc2c1. The van der Waals surface area contributed by atoms with Crippen LogP contribution in [0.2, 0.25) is 0 Å². The van der Waals surface area contributed by atoms with E-state index in [4.69, 9.17) is 11.0 Å². The van der Waals surface area contributed by atoms with Crippen LogP contribution in [0.25, 0.3) is 10.1 Å². The monoisotopic (exact) mass is 202 g/mol. The molecule has 14 heavy (non-hydrogen) atoms. The predicted octanol–water partition coefficient (Wildman–Crippen LogP) is 1.87. The minimum absolute atomic E-state index is 0.426. The zero-order valence-corrected chi connectivity index (χ0v) is 7.97. The first-order valence-electron chi connectivity index (χ1n) is 3.94. The quantitative estimate of drug-likeness (QED) is 0.767. The van der Waals surface area contributed by atoms with Crippen LogP contribution in [0.4, 0.5) is 0 Å². The van der Waals surface area contributed by atoms with Crippen molar-refractivity contribution in [1.82, 2.24) is 0 Å². The molecule has 2 aromatic rings. The van der Waals surface area contributed by atoms with E-state index in [0.717, 1.165) is 10.1 Å². The van der Waals surface area contributed by atoms with Crippen LogP contribution in [0.15, 0.2) is 24.3 Å².